The van der Waals surface area contributed by atoms with E-state index in [9.17, 15) is 9.90 Å². The molecule has 0 radical (unpaired) electrons. The molecular formula is C13H26BrNO3. The number of aliphatic hydroxyl groups excluding tert-OH is 1. The fourth-order valence-electron chi connectivity index (χ4n) is 1.92. The van der Waals surface area contributed by atoms with E-state index in [1.807, 2.05) is 6.92 Å². The van der Waals surface area contributed by atoms with E-state index < -0.39 is 0 Å². The minimum absolute atomic E-state index is 0. The molecule has 0 aromatic rings. The van der Waals surface area contributed by atoms with E-state index in [1.54, 1.807) is 6.92 Å². The number of carbonyl (C=O) groups excluding carboxylic acids is 1. The molecule has 0 rings (SSSR count). The van der Waals surface area contributed by atoms with Crippen LogP contribution in [0.5, 0.6) is 0 Å². The van der Waals surface area contributed by atoms with Crippen LogP contribution >= 0.6 is 0 Å². The van der Waals surface area contributed by atoms with Gasteiger partial charge < -0.3 is 26.8 Å². The van der Waals surface area contributed by atoms with Gasteiger partial charge in [0.15, 0.2) is 6.23 Å². The lowest BCUT2D eigenvalue weighted by molar-refractivity contribution is -0.966. The number of nitrogens with zero attached hydrogens (tertiary/aromatic N) is 1. The Labute approximate surface area is 121 Å². The molecule has 0 amide bonds. The van der Waals surface area contributed by atoms with Gasteiger partial charge in [0.2, 0.25) is 0 Å². The largest absolute Gasteiger partial charge is 1.00 e. The molecule has 1 unspecified atom stereocenters. The quantitative estimate of drug-likeness (QED) is 0.198. The second-order valence-corrected chi connectivity index (χ2v) is 4.48. The normalized spacial score (nSPS) is 12.5. The van der Waals surface area contributed by atoms with Crippen molar-refractivity contribution in [2.45, 2.75) is 40.3 Å². The Balaban J connectivity index is 0. The van der Waals surface area contributed by atoms with Crippen LogP contribution in [0.4, 0.5) is 0 Å². The number of quaternary nitrogens is 1. The van der Waals surface area contributed by atoms with Gasteiger partial charge in [-0.2, -0.15) is 0 Å². The van der Waals surface area contributed by atoms with Crippen LogP contribution in [0.25, 0.3) is 0 Å². The number of carbonyl (C=O) groups is 1. The Hall–Kier alpha value is -0.390. The number of aliphatic hydroxyl groups is 1. The average molecular weight is 324 g/mol. The monoisotopic (exact) mass is 323 g/mol. The molecule has 0 saturated carbocycles. The summed E-state index contributed by atoms with van der Waals surface area (Å²) in [5, 5.41) is 9.81. The molecule has 4 nitrogen and oxygen atoms in total. The van der Waals surface area contributed by atoms with Gasteiger partial charge in [0.05, 0.1) is 26.2 Å². The first-order valence-corrected chi connectivity index (χ1v) is 6.26. The van der Waals surface area contributed by atoms with Crippen LogP contribution in [0.3, 0.4) is 0 Å². The van der Waals surface area contributed by atoms with Crippen molar-refractivity contribution in [2.24, 2.45) is 0 Å². The fourth-order valence-corrected chi connectivity index (χ4v) is 1.92. The molecule has 0 saturated heterocycles. The summed E-state index contributed by atoms with van der Waals surface area (Å²) in [6.45, 7) is 14.1. The van der Waals surface area contributed by atoms with Gasteiger partial charge in [-0.25, -0.2) is 4.79 Å². The Morgan fingerprint density at radius 3 is 2.22 bits per heavy atom. The standard InChI is InChI=1S/C13H26NO3.BrH/c1-6-14(7-2,12(5)15)9-8-10-17-13(16)11(3)4;/h12,15H,3,6-10H2,1-2,4-5H3;1H/q+1;/p-1. The topological polar surface area (TPSA) is 46.5 Å². The van der Waals surface area contributed by atoms with Crippen molar-refractivity contribution in [3.05, 3.63) is 12.2 Å². The van der Waals surface area contributed by atoms with E-state index >= 15 is 0 Å². The maximum absolute atomic E-state index is 11.2. The van der Waals surface area contributed by atoms with Gasteiger partial charge in [-0.05, 0) is 20.8 Å². The Kier molecular flexibility index (Phi) is 10.6. The summed E-state index contributed by atoms with van der Waals surface area (Å²) < 4.78 is 5.68. The van der Waals surface area contributed by atoms with Gasteiger partial charge in [0.25, 0.3) is 0 Å². The molecular weight excluding hydrogens is 298 g/mol. The summed E-state index contributed by atoms with van der Waals surface area (Å²) in [4.78, 5) is 11.2. The molecule has 0 heterocycles. The van der Waals surface area contributed by atoms with Crippen molar-refractivity contribution in [2.75, 3.05) is 26.2 Å². The Morgan fingerprint density at radius 2 is 1.89 bits per heavy atom. The van der Waals surface area contributed by atoms with E-state index in [2.05, 4.69) is 20.4 Å². The average Bonchev–Trinajstić information content (AvgIpc) is 2.29. The molecule has 0 aliphatic rings. The van der Waals surface area contributed by atoms with Crippen LogP contribution in [0.1, 0.15) is 34.1 Å². The number of esters is 1. The van der Waals surface area contributed by atoms with E-state index in [4.69, 9.17) is 4.74 Å². The minimum atomic E-state index is -0.387. The van der Waals surface area contributed by atoms with Crippen LogP contribution in [0, 0.1) is 0 Å². The number of halogens is 1. The third-order valence-corrected chi connectivity index (χ3v) is 3.38. The van der Waals surface area contributed by atoms with E-state index in [-0.39, 0.29) is 29.2 Å². The van der Waals surface area contributed by atoms with Crippen molar-refractivity contribution in [1.29, 1.82) is 0 Å². The molecule has 1 atom stereocenters. The Bertz CT molecular complexity index is 263. The highest BCUT2D eigenvalue weighted by Gasteiger charge is 2.28. The molecule has 0 aromatic heterocycles. The molecule has 108 valence electrons. The zero-order valence-electron chi connectivity index (χ0n) is 11.9. The van der Waals surface area contributed by atoms with Crippen LogP contribution in [-0.2, 0) is 9.53 Å². The molecule has 5 heteroatoms. The number of rotatable bonds is 8. The van der Waals surface area contributed by atoms with Crippen LogP contribution < -0.4 is 17.0 Å². The minimum Gasteiger partial charge on any atom is -1.00 e. The van der Waals surface area contributed by atoms with E-state index in [0.717, 1.165) is 26.1 Å². The van der Waals surface area contributed by atoms with E-state index in [0.29, 0.717) is 16.7 Å². The van der Waals surface area contributed by atoms with Gasteiger partial charge in [-0.1, -0.05) is 6.58 Å². The number of ether oxygens (including phenoxy) is 1. The van der Waals surface area contributed by atoms with Crippen LogP contribution in [0.2, 0.25) is 0 Å². The molecule has 1 N–H and O–H groups in total. The molecule has 0 aliphatic heterocycles. The van der Waals surface area contributed by atoms with E-state index in [1.165, 1.54) is 0 Å². The predicted molar refractivity (Wildman–Crippen MR) is 68.3 cm³/mol. The zero-order chi connectivity index (χ0) is 13.5. The highest BCUT2D eigenvalue weighted by atomic mass is 79.9. The van der Waals surface area contributed by atoms with Crippen molar-refractivity contribution < 1.29 is 36.1 Å². The second kappa shape index (κ2) is 9.53. The summed E-state index contributed by atoms with van der Waals surface area (Å²) in [7, 11) is 0. The molecule has 0 spiro atoms. The Morgan fingerprint density at radius 1 is 1.39 bits per heavy atom. The van der Waals surface area contributed by atoms with Crippen molar-refractivity contribution in [3.8, 4) is 0 Å². The second-order valence-electron chi connectivity index (χ2n) is 4.48. The van der Waals surface area contributed by atoms with Crippen molar-refractivity contribution in [1.82, 2.24) is 0 Å². The molecule has 0 bridgehead atoms. The maximum atomic E-state index is 11.2. The number of hydrogen-bond acceptors (Lipinski definition) is 3. The smallest absolute Gasteiger partial charge is 0.333 e. The highest BCUT2D eigenvalue weighted by molar-refractivity contribution is 5.86. The van der Waals surface area contributed by atoms with Gasteiger partial charge in [0, 0.05) is 18.9 Å². The lowest BCUT2D eigenvalue weighted by Gasteiger charge is -2.39. The first-order chi connectivity index (χ1) is 7.89. The van der Waals surface area contributed by atoms with Crippen LogP contribution in [-0.4, -0.2) is 48.0 Å². The molecule has 0 aliphatic carbocycles. The third kappa shape index (κ3) is 5.98. The van der Waals surface area contributed by atoms with Crippen molar-refractivity contribution in [3.63, 3.8) is 0 Å². The summed E-state index contributed by atoms with van der Waals surface area (Å²) in [6, 6.07) is 0. The predicted octanol–water partition coefficient (Wildman–Crippen LogP) is -1.31. The highest BCUT2D eigenvalue weighted by Crippen LogP contribution is 2.12. The summed E-state index contributed by atoms with van der Waals surface area (Å²) >= 11 is 0. The van der Waals surface area contributed by atoms with Gasteiger partial charge >= 0.3 is 5.97 Å². The summed E-state index contributed by atoms with van der Waals surface area (Å²) in [5.74, 6) is -0.340. The van der Waals surface area contributed by atoms with Crippen LogP contribution in [0.15, 0.2) is 12.2 Å². The van der Waals surface area contributed by atoms with Gasteiger partial charge in [-0.15, -0.1) is 0 Å². The molecule has 0 aromatic carbocycles. The lowest BCUT2D eigenvalue weighted by atomic mass is 10.2. The lowest BCUT2D eigenvalue weighted by Crippen LogP contribution is -3.00. The summed E-state index contributed by atoms with van der Waals surface area (Å²) in [5.41, 5.74) is 0.423. The number of hydrogen-bond donors (Lipinski definition) is 1. The zero-order valence-corrected chi connectivity index (χ0v) is 13.5. The van der Waals surface area contributed by atoms with Gasteiger partial charge in [0.1, 0.15) is 0 Å². The SMILES string of the molecule is C=C(C)C(=O)OCCC[N+](CC)(CC)C(C)O.[Br-]. The summed E-state index contributed by atoms with van der Waals surface area (Å²) in [6.07, 6.45) is 0.368. The molecule has 18 heavy (non-hydrogen) atoms. The molecule has 0 fully saturated rings. The first kappa shape index (κ1) is 19.9. The van der Waals surface area contributed by atoms with Gasteiger partial charge in [-0.3, -0.25) is 4.48 Å². The first-order valence-electron chi connectivity index (χ1n) is 6.26. The van der Waals surface area contributed by atoms with Crippen molar-refractivity contribution >= 4 is 5.97 Å². The maximum Gasteiger partial charge on any atom is 0.333 e. The third-order valence-electron chi connectivity index (χ3n) is 3.38. The fraction of sp³-hybridized carbons (Fsp3) is 0.769.